The molecule has 0 saturated carbocycles. The minimum atomic E-state index is -1.92. The molecule has 0 saturated heterocycles. The van der Waals surface area contributed by atoms with Crippen LogP contribution in [0.1, 0.15) is 72.8 Å². The van der Waals surface area contributed by atoms with Crippen LogP contribution in [0, 0.1) is 0 Å². The van der Waals surface area contributed by atoms with Crippen LogP contribution in [-0.2, 0) is 15.8 Å². The van der Waals surface area contributed by atoms with Gasteiger partial charge in [0.25, 0.3) is 0 Å². The van der Waals surface area contributed by atoms with Gasteiger partial charge in [-0.25, -0.2) is 4.79 Å². The second-order valence-corrected chi connectivity index (χ2v) is 14.8. The van der Waals surface area contributed by atoms with Crippen molar-refractivity contribution in [1.82, 2.24) is 5.32 Å². The molecular weight excluding hydrogens is 390 g/mol. The molecule has 4 nitrogen and oxygen atoms in total. The predicted octanol–water partition coefficient (Wildman–Crippen LogP) is 6.97. The number of allylic oxidation sites excluding steroid dienone is 1. The summed E-state index contributed by atoms with van der Waals surface area (Å²) in [6, 6.07) is 9.75. The number of alkyl carbamates (subject to hydrolysis) is 1. The van der Waals surface area contributed by atoms with Crippen molar-refractivity contribution in [2.75, 3.05) is 6.54 Å². The summed E-state index contributed by atoms with van der Waals surface area (Å²) in [6.45, 7) is 14.9. The molecule has 1 aliphatic carbocycles. The molecule has 1 amide bonds. The van der Waals surface area contributed by atoms with Gasteiger partial charge in [-0.1, -0.05) is 78.0 Å². The number of nitrogens with one attached hydrogen (secondary N) is 1. The van der Waals surface area contributed by atoms with Crippen molar-refractivity contribution in [1.29, 1.82) is 0 Å². The van der Waals surface area contributed by atoms with Crippen LogP contribution in [0.2, 0.25) is 16.6 Å². The lowest BCUT2D eigenvalue weighted by atomic mass is 9.94. The van der Waals surface area contributed by atoms with Crippen molar-refractivity contribution in [3.05, 3.63) is 47.5 Å². The summed E-state index contributed by atoms with van der Waals surface area (Å²) in [5.74, 6) is 0. The lowest BCUT2D eigenvalue weighted by molar-refractivity contribution is 0.139. The number of hydrogen-bond acceptors (Lipinski definition) is 3. The van der Waals surface area contributed by atoms with Crippen LogP contribution in [0.25, 0.3) is 0 Å². The fraction of sp³-hybridized carbons (Fsp3) is 0.640. The number of rotatable bonds is 10. The van der Waals surface area contributed by atoms with Gasteiger partial charge in [-0.3, -0.25) is 0 Å². The summed E-state index contributed by atoms with van der Waals surface area (Å²) in [4.78, 5) is 12.1. The molecule has 0 bridgehead atoms. The molecule has 168 valence electrons. The van der Waals surface area contributed by atoms with Gasteiger partial charge in [0.15, 0.2) is 0 Å². The van der Waals surface area contributed by atoms with Gasteiger partial charge in [-0.15, -0.1) is 0 Å². The van der Waals surface area contributed by atoms with Crippen molar-refractivity contribution in [2.24, 2.45) is 0 Å². The largest absolute Gasteiger partial charge is 0.445 e. The summed E-state index contributed by atoms with van der Waals surface area (Å²) < 4.78 is 12.4. The van der Waals surface area contributed by atoms with E-state index in [0.29, 0.717) is 29.8 Å². The Morgan fingerprint density at radius 3 is 2.30 bits per heavy atom. The number of ether oxygens (including phenoxy) is 1. The predicted molar refractivity (Wildman–Crippen MR) is 127 cm³/mol. The number of carbonyl (C=O) groups excluding carboxylic acids is 1. The van der Waals surface area contributed by atoms with Crippen molar-refractivity contribution >= 4 is 14.4 Å². The molecule has 1 aliphatic rings. The van der Waals surface area contributed by atoms with Crippen LogP contribution in [0.4, 0.5) is 4.79 Å². The quantitative estimate of drug-likeness (QED) is 0.321. The Morgan fingerprint density at radius 1 is 1.07 bits per heavy atom. The first-order valence-corrected chi connectivity index (χ1v) is 13.7. The molecule has 1 atom stereocenters. The molecule has 1 N–H and O–H groups in total. The highest BCUT2D eigenvalue weighted by molar-refractivity contribution is 6.77. The van der Waals surface area contributed by atoms with E-state index in [0.717, 1.165) is 24.8 Å². The van der Waals surface area contributed by atoms with Crippen LogP contribution in [-0.4, -0.2) is 27.1 Å². The molecular formula is C25H41NO3Si. The number of hydrogen-bond donors (Lipinski definition) is 1. The van der Waals surface area contributed by atoms with E-state index in [4.69, 9.17) is 9.16 Å². The van der Waals surface area contributed by atoms with Crippen molar-refractivity contribution in [3.8, 4) is 0 Å². The van der Waals surface area contributed by atoms with Gasteiger partial charge in [0.1, 0.15) is 6.61 Å². The van der Waals surface area contributed by atoms with Crippen LogP contribution in [0.3, 0.4) is 0 Å². The summed E-state index contributed by atoms with van der Waals surface area (Å²) >= 11 is 0. The fourth-order valence-corrected chi connectivity index (χ4v) is 10.6. The zero-order chi connectivity index (χ0) is 22.1. The van der Waals surface area contributed by atoms with E-state index in [-0.39, 0.29) is 12.2 Å². The second-order valence-electron chi connectivity index (χ2n) is 9.37. The maximum Gasteiger partial charge on any atom is 0.407 e. The molecule has 30 heavy (non-hydrogen) atoms. The standard InChI is InChI=1S/C25H41NO3Si/c1-19(2)30(20(3)4,21(5)6)29-24-15-11-10-14-23(24)16-17-26-25(27)28-18-22-12-8-7-9-13-22/h7-9,12-14,19-21,24H,10-11,15-18H2,1-6H3,(H,26,27)/t24-/m1/s1. The van der Waals surface area contributed by atoms with E-state index < -0.39 is 8.32 Å². The lowest BCUT2D eigenvalue weighted by Gasteiger charge is -2.45. The Labute approximate surface area is 184 Å². The SMILES string of the molecule is CC(C)[Si](O[C@@H]1CCCC=C1CCNC(=O)OCc1ccccc1)(C(C)C)C(C)C. The van der Waals surface area contributed by atoms with E-state index >= 15 is 0 Å². The van der Waals surface area contributed by atoms with E-state index in [1.54, 1.807) is 0 Å². The monoisotopic (exact) mass is 431 g/mol. The molecule has 0 spiro atoms. The molecule has 5 heteroatoms. The Bertz CT molecular complexity index is 663. The lowest BCUT2D eigenvalue weighted by Crippen LogP contribution is -2.50. The summed E-state index contributed by atoms with van der Waals surface area (Å²) in [5, 5.41) is 2.91. The molecule has 0 unspecified atom stereocenters. The number of amides is 1. The van der Waals surface area contributed by atoms with Gasteiger partial charge in [0, 0.05) is 6.54 Å². The van der Waals surface area contributed by atoms with Gasteiger partial charge < -0.3 is 14.5 Å². The van der Waals surface area contributed by atoms with E-state index in [9.17, 15) is 4.79 Å². The van der Waals surface area contributed by atoms with E-state index in [1.807, 2.05) is 30.3 Å². The normalized spacial score (nSPS) is 17.4. The molecule has 0 radical (unpaired) electrons. The molecule has 2 rings (SSSR count). The average molecular weight is 432 g/mol. The maximum absolute atomic E-state index is 12.1. The zero-order valence-electron chi connectivity index (χ0n) is 19.7. The highest BCUT2D eigenvalue weighted by Gasteiger charge is 2.47. The van der Waals surface area contributed by atoms with Crippen molar-refractivity contribution in [3.63, 3.8) is 0 Å². The summed E-state index contributed by atoms with van der Waals surface area (Å²) in [5.41, 5.74) is 4.07. The Kier molecular flexibility index (Phi) is 9.63. The minimum Gasteiger partial charge on any atom is -0.445 e. The van der Waals surface area contributed by atoms with E-state index in [1.165, 1.54) is 12.0 Å². The topological polar surface area (TPSA) is 47.6 Å². The Hall–Kier alpha value is -1.59. The van der Waals surface area contributed by atoms with Crippen LogP contribution >= 0.6 is 0 Å². The fourth-order valence-electron chi connectivity index (χ4n) is 5.04. The van der Waals surface area contributed by atoms with E-state index in [2.05, 4.69) is 52.9 Å². The van der Waals surface area contributed by atoms with Crippen LogP contribution in [0.5, 0.6) is 0 Å². The molecule has 1 aromatic rings. The van der Waals surface area contributed by atoms with Gasteiger partial charge in [-0.2, -0.15) is 0 Å². The third kappa shape index (κ3) is 6.45. The first kappa shape index (κ1) is 24.7. The second kappa shape index (κ2) is 11.7. The first-order chi connectivity index (χ1) is 14.3. The summed E-state index contributed by atoms with van der Waals surface area (Å²) in [7, 11) is -1.92. The molecule has 0 fully saturated rings. The van der Waals surface area contributed by atoms with Crippen molar-refractivity contribution in [2.45, 2.75) is 96.6 Å². The van der Waals surface area contributed by atoms with Crippen LogP contribution < -0.4 is 5.32 Å². The molecule has 0 aromatic heterocycles. The van der Waals surface area contributed by atoms with Gasteiger partial charge >= 0.3 is 6.09 Å². The number of carbonyl (C=O) groups is 1. The highest BCUT2D eigenvalue weighted by atomic mass is 28.4. The highest BCUT2D eigenvalue weighted by Crippen LogP contribution is 2.44. The van der Waals surface area contributed by atoms with Crippen molar-refractivity contribution < 1.29 is 14.0 Å². The third-order valence-corrected chi connectivity index (χ3v) is 12.5. The Balaban J connectivity index is 1.91. The maximum atomic E-state index is 12.1. The molecule has 0 aliphatic heterocycles. The van der Waals surface area contributed by atoms with Gasteiger partial charge in [0.2, 0.25) is 8.32 Å². The smallest absolute Gasteiger partial charge is 0.407 e. The summed E-state index contributed by atoms with van der Waals surface area (Å²) in [6.07, 6.45) is 6.37. The average Bonchev–Trinajstić information content (AvgIpc) is 2.71. The van der Waals surface area contributed by atoms with Gasteiger partial charge in [-0.05, 0) is 53.4 Å². The third-order valence-electron chi connectivity index (χ3n) is 6.44. The molecule has 1 aromatic carbocycles. The van der Waals surface area contributed by atoms with Crippen LogP contribution in [0.15, 0.2) is 42.0 Å². The van der Waals surface area contributed by atoms with Gasteiger partial charge in [0.05, 0.1) is 6.10 Å². The zero-order valence-corrected chi connectivity index (χ0v) is 20.7. The molecule has 0 heterocycles. The number of benzene rings is 1. The Morgan fingerprint density at radius 2 is 1.70 bits per heavy atom. The first-order valence-electron chi connectivity index (χ1n) is 11.6. The minimum absolute atomic E-state index is 0.194.